The van der Waals surface area contributed by atoms with Crippen LogP contribution in [0, 0.1) is 0 Å². The number of benzene rings is 3. The average molecular weight is 561 g/mol. The van der Waals surface area contributed by atoms with Crippen LogP contribution in [-0.2, 0) is 20.4 Å². The summed E-state index contributed by atoms with van der Waals surface area (Å²) in [7, 11) is -2.77. The Kier molecular flexibility index (Phi) is 7.85. The van der Waals surface area contributed by atoms with Crippen molar-refractivity contribution in [3.8, 4) is 0 Å². The fraction of sp³-hybridized carbons (Fsp3) is 0.406. The van der Waals surface area contributed by atoms with Crippen LogP contribution in [0.4, 0.5) is 0 Å². The van der Waals surface area contributed by atoms with Gasteiger partial charge in [-0.15, -0.1) is 0 Å². The molecule has 0 aromatic heterocycles. The normalized spacial score (nSPS) is 25.0. The van der Waals surface area contributed by atoms with Gasteiger partial charge in [-0.05, 0) is 34.8 Å². The van der Waals surface area contributed by atoms with E-state index in [-0.39, 0.29) is 23.3 Å². The van der Waals surface area contributed by atoms with Crippen LogP contribution in [0.2, 0.25) is 5.04 Å². The number of nitrogens with zero attached hydrogens (tertiary/aromatic N) is 1. The largest absolute Gasteiger partial charge is 0.405 e. The smallest absolute Gasteiger partial charge is 0.261 e. The summed E-state index contributed by atoms with van der Waals surface area (Å²) >= 11 is 6.01. The van der Waals surface area contributed by atoms with E-state index in [9.17, 15) is 0 Å². The Morgan fingerprint density at radius 1 is 0.846 bits per heavy atom. The van der Waals surface area contributed by atoms with Gasteiger partial charge in [0.1, 0.15) is 12.2 Å². The van der Waals surface area contributed by atoms with Crippen molar-refractivity contribution in [2.45, 2.75) is 76.3 Å². The predicted octanol–water partition coefficient (Wildman–Crippen LogP) is 4.62. The standard InChI is InChI=1S/C32H40N2O3SSi/c1-31(2,3)39(24-17-11-7-12-18-24,25-19-13-8-14-20-25)35-22-26-28-29(37-32(4,5)36-28)27(33)30(38)34(26)21-23-15-9-6-10-16-23/h6-20,26-29H,21-22,33H2,1-5H3/t26-,27+,28-,29-/m1/s1. The van der Waals surface area contributed by atoms with Gasteiger partial charge in [0, 0.05) is 6.54 Å². The summed E-state index contributed by atoms with van der Waals surface area (Å²) in [6.45, 7) is 11.9. The van der Waals surface area contributed by atoms with E-state index >= 15 is 0 Å². The van der Waals surface area contributed by atoms with Gasteiger partial charge in [0.2, 0.25) is 0 Å². The third kappa shape index (κ3) is 5.36. The summed E-state index contributed by atoms with van der Waals surface area (Å²) in [6.07, 6.45) is -0.601. The lowest BCUT2D eigenvalue weighted by molar-refractivity contribution is -0.150. The second-order valence-corrected chi connectivity index (χ2v) is 16.8. The Bertz CT molecular complexity index is 1230. The summed E-state index contributed by atoms with van der Waals surface area (Å²) in [5.41, 5.74) is 7.87. The summed E-state index contributed by atoms with van der Waals surface area (Å²) in [5, 5.41) is 2.35. The topological polar surface area (TPSA) is 57.0 Å². The molecular weight excluding hydrogens is 521 g/mol. The fourth-order valence-corrected chi connectivity index (χ4v) is 11.1. The highest BCUT2D eigenvalue weighted by Gasteiger charge is 2.56. The number of likely N-dealkylation sites (tertiary alicyclic amines) is 1. The molecule has 2 heterocycles. The first-order chi connectivity index (χ1) is 18.5. The first-order valence-corrected chi connectivity index (χ1v) is 16.1. The minimum Gasteiger partial charge on any atom is -0.405 e. The molecule has 5 nitrogen and oxygen atoms in total. The number of thiocarbonyl (C=S) groups is 1. The molecule has 0 spiro atoms. The number of hydrogen-bond acceptors (Lipinski definition) is 5. The quantitative estimate of drug-likeness (QED) is 0.336. The Labute approximate surface area is 239 Å². The van der Waals surface area contributed by atoms with Crippen molar-refractivity contribution in [3.05, 3.63) is 96.6 Å². The Morgan fingerprint density at radius 3 is 1.85 bits per heavy atom. The summed E-state index contributed by atoms with van der Waals surface area (Å²) < 4.78 is 20.3. The molecule has 3 aromatic carbocycles. The van der Waals surface area contributed by atoms with Gasteiger partial charge in [0.05, 0.1) is 23.7 Å². The molecule has 0 aliphatic carbocycles. The van der Waals surface area contributed by atoms with Gasteiger partial charge in [-0.25, -0.2) is 0 Å². The zero-order chi connectivity index (χ0) is 27.8. The molecule has 2 aliphatic heterocycles. The fourth-order valence-electron chi connectivity index (χ4n) is 6.20. The lowest BCUT2D eigenvalue weighted by atomic mass is 9.92. The van der Waals surface area contributed by atoms with Crippen LogP contribution in [0.15, 0.2) is 91.0 Å². The number of fused-ring (bicyclic) bond motifs is 1. The molecule has 2 N–H and O–H groups in total. The molecule has 0 amide bonds. The minimum absolute atomic E-state index is 0.142. The number of hydrogen-bond donors (Lipinski definition) is 1. The van der Waals surface area contributed by atoms with E-state index in [4.69, 9.17) is 31.9 Å². The lowest BCUT2D eigenvalue weighted by Gasteiger charge is -2.48. The number of nitrogens with two attached hydrogens (primary N) is 1. The highest BCUT2D eigenvalue weighted by atomic mass is 32.1. The Hall–Kier alpha value is -2.39. The average Bonchev–Trinajstić information content (AvgIpc) is 3.25. The van der Waals surface area contributed by atoms with Crippen molar-refractivity contribution in [1.29, 1.82) is 0 Å². The van der Waals surface area contributed by atoms with E-state index in [1.807, 2.05) is 19.9 Å². The maximum absolute atomic E-state index is 7.39. The van der Waals surface area contributed by atoms with Crippen LogP contribution in [0.5, 0.6) is 0 Å². The van der Waals surface area contributed by atoms with Gasteiger partial charge in [-0.1, -0.05) is 124 Å². The van der Waals surface area contributed by atoms with Gasteiger partial charge < -0.3 is 24.5 Å². The molecule has 4 atom stereocenters. The molecule has 39 heavy (non-hydrogen) atoms. The third-order valence-corrected chi connectivity index (χ3v) is 13.5. The van der Waals surface area contributed by atoms with Crippen LogP contribution in [0.25, 0.3) is 0 Å². The van der Waals surface area contributed by atoms with Crippen molar-refractivity contribution >= 4 is 35.9 Å². The molecule has 0 unspecified atom stereocenters. The highest BCUT2D eigenvalue weighted by molar-refractivity contribution is 7.80. The second kappa shape index (κ2) is 10.9. The van der Waals surface area contributed by atoms with Crippen LogP contribution in [0.3, 0.4) is 0 Å². The first kappa shape index (κ1) is 28.1. The molecule has 2 fully saturated rings. The van der Waals surface area contributed by atoms with Gasteiger partial charge in [-0.2, -0.15) is 0 Å². The Morgan fingerprint density at radius 2 is 1.33 bits per heavy atom. The molecule has 0 saturated carbocycles. The molecule has 0 radical (unpaired) electrons. The van der Waals surface area contributed by atoms with E-state index < -0.39 is 20.1 Å². The van der Waals surface area contributed by atoms with Crippen molar-refractivity contribution in [1.82, 2.24) is 4.90 Å². The number of piperidine rings is 1. The lowest BCUT2D eigenvalue weighted by Crippen LogP contribution is -2.70. The molecule has 7 heteroatoms. The maximum Gasteiger partial charge on any atom is 0.261 e. The van der Waals surface area contributed by atoms with Crippen LogP contribution in [0.1, 0.15) is 40.2 Å². The van der Waals surface area contributed by atoms with E-state index in [1.165, 1.54) is 15.9 Å². The SMILES string of the molecule is CC1(C)O[C@H]2[C@H](O1)[C@@H](CO[Si](c1ccccc1)(c1ccccc1)C(C)(C)C)N(Cc1ccccc1)C(=S)[C@H]2N. The van der Waals surface area contributed by atoms with E-state index in [2.05, 4.69) is 111 Å². The monoisotopic (exact) mass is 560 g/mol. The molecule has 3 aromatic rings. The zero-order valence-electron chi connectivity index (χ0n) is 23.5. The summed E-state index contributed by atoms with van der Waals surface area (Å²) in [5.74, 6) is -0.749. The minimum atomic E-state index is -2.77. The maximum atomic E-state index is 7.39. The Balaban J connectivity index is 1.58. The van der Waals surface area contributed by atoms with Crippen molar-refractivity contribution in [2.75, 3.05) is 6.61 Å². The van der Waals surface area contributed by atoms with E-state index in [0.717, 1.165) is 0 Å². The van der Waals surface area contributed by atoms with Crippen LogP contribution >= 0.6 is 12.2 Å². The third-order valence-electron chi connectivity index (χ3n) is 7.95. The van der Waals surface area contributed by atoms with Crippen molar-refractivity contribution < 1.29 is 13.9 Å². The molecule has 2 aliphatic rings. The number of ether oxygens (including phenoxy) is 2. The van der Waals surface area contributed by atoms with E-state index in [1.54, 1.807) is 0 Å². The van der Waals surface area contributed by atoms with Gasteiger partial charge >= 0.3 is 0 Å². The van der Waals surface area contributed by atoms with E-state index in [0.29, 0.717) is 18.1 Å². The van der Waals surface area contributed by atoms with Gasteiger partial charge in [0.25, 0.3) is 8.32 Å². The van der Waals surface area contributed by atoms with Crippen LogP contribution < -0.4 is 16.1 Å². The molecule has 5 rings (SSSR count). The summed E-state index contributed by atoms with van der Waals surface area (Å²) in [6, 6.07) is 31.2. The molecular formula is C32H40N2O3SSi. The molecule has 2 saturated heterocycles. The highest BCUT2D eigenvalue weighted by Crippen LogP contribution is 2.40. The van der Waals surface area contributed by atoms with Crippen molar-refractivity contribution in [3.63, 3.8) is 0 Å². The second-order valence-electron chi connectivity index (χ2n) is 12.1. The zero-order valence-corrected chi connectivity index (χ0v) is 25.4. The van der Waals surface area contributed by atoms with Gasteiger partial charge in [0.15, 0.2) is 5.79 Å². The predicted molar refractivity (Wildman–Crippen MR) is 164 cm³/mol. The molecule has 206 valence electrons. The van der Waals surface area contributed by atoms with Gasteiger partial charge in [-0.3, -0.25) is 0 Å². The first-order valence-electron chi connectivity index (χ1n) is 13.7. The molecule has 0 bridgehead atoms. The number of rotatable bonds is 7. The van der Waals surface area contributed by atoms with Crippen LogP contribution in [-0.4, -0.2) is 54.9 Å². The summed E-state index contributed by atoms with van der Waals surface area (Å²) in [4.78, 5) is 2.91. The van der Waals surface area contributed by atoms with Crippen molar-refractivity contribution in [2.24, 2.45) is 5.73 Å².